The third-order valence-electron chi connectivity index (χ3n) is 6.33. The van der Waals surface area contributed by atoms with E-state index in [2.05, 4.69) is 5.32 Å². The number of fused-ring (bicyclic) bond motifs is 1. The molecule has 1 heterocycles. The molecule has 1 aromatic rings. The number of hydrogen-bond acceptors (Lipinski definition) is 5. The van der Waals surface area contributed by atoms with E-state index in [1.54, 1.807) is 12.2 Å². The highest BCUT2D eigenvalue weighted by atomic mass is 16.5. The van der Waals surface area contributed by atoms with Crippen molar-refractivity contribution in [1.29, 1.82) is 0 Å². The third kappa shape index (κ3) is 7.64. The molecule has 0 aromatic heterocycles. The number of allylic oxidation sites excluding steroid dienone is 7. The van der Waals surface area contributed by atoms with Gasteiger partial charge in [-0.3, -0.25) is 9.59 Å². The molecule has 0 fully saturated rings. The van der Waals surface area contributed by atoms with E-state index in [-0.39, 0.29) is 35.8 Å². The van der Waals surface area contributed by atoms with Gasteiger partial charge < -0.3 is 20.3 Å². The lowest BCUT2D eigenvalue weighted by atomic mass is 9.92. The second-order valence-electron chi connectivity index (χ2n) is 9.03. The highest BCUT2D eigenvalue weighted by Crippen LogP contribution is 2.36. The van der Waals surface area contributed by atoms with Gasteiger partial charge in [0.1, 0.15) is 11.9 Å². The first-order valence-electron chi connectivity index (χ1n) is 12.1. The summed E-state index contributed by atoms with van der Waals surface area (Å²) in [5, 5.41) is 24.1. The maximum Gasteiger partial charge on any atom is 0.244 e. The Hall–Kier alpha value is -3.22. The molecule has 0 saturated heterocycles. The highest BCUT2D eigenvalue weighted by molar-refractivity contribution is 5.97. The fourth-order valence-corrected chi connectivity index (χ4v) is 4.50. The first kappa shape index (κ1) is 26.4. The number of benzene rings is 1. The van der Waals surface area contributed by atoms with Crippen molar-refractivity contribution in [2.45, 2.75) is 57.3 Å². The Kier molecular flexibility index (Phi) is 9.82. The SMILES string of the molecule is CO[C@H]1C[C@@H]2\C=C(C)/C=C/C=C/C(=O)N[C@H](c3ccccc3)C/C=C/CCC(O)CC(=O)C2=C1O. The molecule has 1 aliphatic heterocycles. The van der Waals surface area contributed by atoms with Crippen LogP contribution < -0.4 is 5.32 Å². The number of carbonyl (C=O) groups excluding carboxylic acids is 2. The molecule has 2 aliphatic rings. The summed E-state index contributed by atoms with van der Waals surface area (Å²) in [6, 6.07) is 9.61. The zero-order valence-electron chi connectivity index (χ0n) is 20.4. The Morgan fingerprint density at radius 1 is 1.06 bits per heavy atom. The average Bonchev–Trinajstić information content (AvgIpc) is 3.15. The number of ether oxygens (including phenoxy) is 1. The summed E-state index contributed by atoms with van der Waals surface area (Å²) in [7, 11) is 1.51. The largest absolute Gasteiger partial charge is 0.509 e. The minimum absolute atomic E-state index is 0.0444. The molecule has 35 heavy (non-hydrogen) atoms. The molecule has 1 aromatic carbocycles. The van der Waals surface area contributed by atoms with E-state index in [9.17, 15) is 19.8 Å². The van der Waals surface area contributed by atoms with Crippen LogP contribution in [-0.4, -0.2) is 41.2 Å². The van der Waals surface area contributed by atoms with Crippen LogP contribution in [0.25, 0.3) is 0 Å². The van der Waals surface area contributed by atoms with Gasteiger partial charge in [0.25, 0.3) is 0 Å². The first-order chi connectivity index (χ1) is 16.9. The van der Waals surface area contributed by atoms with Crippen molar-refractivity contribution < 1.29 is 24.5 Å². The van der Waals surface area contributed by atoms with Crippen LogP contribution >= 0.6 is 0 Å². The first-order valence-corrected chi connectivity index (χ1v) is 12.1. The molecule has 0 radical (unpaired) electrons. The summed E-state index contributed by atoms with van der Waals surface area (Å²) in [6.07, 6.45) is 13.4. The van der Waals surface area contributed by atoms with Crippen LogP contribution in [0, 0.1) is 5.92 Å². The van der Waals surface area contributed by atoms with Crippen molar-refractivity contribution >= 4 is 11.7 Å². The Morgan fingerprint density at radius 2 is 1.80 bits per heavy atom. The number of nitrogens with one attached hydrogen (secondary N) is 1. The molecule has 1 unspecified atom stereocenters. The van der Waals surface area contributed by atoms with Gasteiger partial charge in [-0.05, 0) is 38.2 Å². The predicted molar refractivity (Wildman–Crippen MR) is 137 cm³/mol. The van der Waals surface area contributed by atoms with Crippen LogP contribution in [0.3, 0.4) is 0 Å². The molecule has 3 rings (SSSR count). The second-order valence-corrected chi connectivity index (χ2v) is 9.03. The van der Waals surface area contributed by atoms with Crippen molar-refractivity contribution in [2.75, 3.05) is 7.11 Å². The van der Waals surface area contributed by atoms with E-state index < -0.39 is 12.2 Å². The fraction of sp³-hybridized carbons (Fsp3) is 0.379. The van der Waals surface area contributed by atoms with E-state index >= 15 is 0 Å². The number of aliphatic hydroxyl groups excluding tert-OH is 2. The van der Waals surface area contributed by atoms with Gasteiger partial charge in [0, 0.05) is 31.1 Å². The Balaban J connectivity index is 1.84. The number of Topliss-reactive ketones (excluding diaryl/α,β-unsaturated/α-hetero) is 1. The molecule has 0 bridgehead atoms. The number of amides is 1. The van der Waals surface area contributed by atoms with Crippen LogP contribution in [0.15, 0.2) is 89.8 Å². The van der Waals surface area contributed by atoms with Crippen LogP contribution in [-0.2, 0) is 14.3 Å². The number of hydrogen-bond donors (Lipinski definition) is 3. The third-order valence-corrected chi connectivity index (χ3v) is 6.33. The van der Waals surface area contributed by atoms with E-state index in [4.69, 9.17) is 4.74 Å². The van der Waals surface area contributed by atoms with Gasteiger partial charge in [0.15, 0.2) is 5.78 Å². The van der Waals surface area contributed by atoms with Crippen molar-refractivity contribution in [1.82, 2.24) is 5.32 Å². The van der Waals surface area contributed by atoms with Crippen molar-refractivity contribution in [2.24, 2.45) is 5.92 Å². The molecule has 1 aliphatic carbocycles. The number of methoxy groups -OCH3 is 1. The van der Waals surface area contributed by atoms with Crippen molar-refractivity contribution in [3.8, 4) is 0 Å². The highest BCUT2D eigenvalue weighted by Gasteiger charge is 2.36. The normalized spacial score (nSPS) is 31.2. The average molecular weight is 478 g/mol. The maximum atomic E-state index is 13.0. The molecule has 6 nitrogen and oxygen atoms in total. The molecule has 6 heteroatoms. The lowest BCUT2D eigenvalue weighted by molar-refractivity contribution is -0.118. The van der Waals surface area contributed by atoms with Gasteiger partial charge >= 0.3 is 0 Å². The Bertz CT molecular complexity index is 1030. The molecule has 1 amide bonds. The van der Waals surface area contributed by atoms with E-state index in [0.717, 1.165) is 11.1 Å². The summed E-state index contributed by atoms with van der Waals surface area (Å²) in [5.41, 5.74) is 2.22. The van der Waals surface area contributed by atoms with E-state index in [1.165, 1.54) is 13.2 Å². The predicted octanol–water partition coefficient (Wildman–Crippen LogP) is 4.81. The minimum Gasteiger partial charge on any atom is -0.509 e. The Labute approximate surface area is 207 Å². The molecular formula is C29H35NO5. The quantitative estimate of drug-likeness (QED) is 0.532. The molecule has 4 atom stereocenters. The van der Waals surface area contributed by atoms with Gasteiger partial charge in [0.2, 0.25) is 5.91 Å². The number of carbonyl (C=O) groups is 2. The van der Waals surface area contributed by atoms with Gasteiger partial charge in [-0.2, -0.15) is 0 Å². The number of ketones is 1. The standard InChI is InChI=1S/C29H35NO5/c1-20-11-9-10-16-27(33)30-24(21-12-5-3-6-13-21)15-8-4-7-14-23(31)19-25(32)28-22(17-20)18-26(35-2)29(28)34/h3-6,8-13,16-17,22-24,26,31,34H,7,14-15,18-19H2,1-2H3,(H,30,33)/b8-4+,11-9+,16-10+,20-17-/t22-,23?,24-,26-/m0/s1. The van der Waals surface area contributed by atoms with Crippen LogP contribution in [0.1, 0.15) is 50.6 Å². The van der Waals surface area contributed by atoms with Crippen LogP contribution in [0.4, 0.5) is 0 Å². The summed E-state index contributed by atoms with van der Waals surface area (Å²) >= 11 is 0. The molecule has 3 N–H and O–H groups in total. The fourth-order valence-electron chi connectivity index (χ4n) is 4.50. The lowest BCUT2D eigenvalue weighted by Gasteiger charge is -2.17. The molecule has 0 saturated carbocycles. The maximum absolute atomic E-state index is 13.0. The molecule has 0 spiro atoms. The second kappa shape index (κ2) is 13.0. The van der Waals surface area contributed by atoms with Crippen molar-refractivity contribution in [3.63, 3.8) is 0 Å². The minimum atomic E-state index is -0.810. The topological polar surface area (TPSA) is 95.9 Å². The summed E-state index contributed by atoms with van der Waals surface area (Å²) < 4.78 is 5.35. The van der Waals surface area contributed by atoms with E-state index in [1.807, 2.05) is 61.6 Å². The molecule has 186 valence electrons. The smallest absolute Gasteiger partial charge is 0.244 e. The lowest BCUT2D eigenvalue weighted by Crippen LogP contribution is -2.26. The van der Waals surface area contributed by atoms with Gasteiger partial charge in [-0.25, -0.2) is 0 Å². The Morgan fingerprint density at radius 3 is 2.54 bits per heavy atom. The summed E-state index contributed by atoms with van der Waals surface area (Å²) in [5.74, 6) is -0.790. The van der Waals surface area contributed by atoms with Crippen molar-refractivity contribution in [3.05, 3.63) is 95.3 Å². The van der Waals surface area contributed by atoms with Crippen LogP contribution in [0.5, 0.6) is 0 Å². The van der Waals surface area contributed by atoms with Gasteiger partial charge in [-0.1, -0.05) is 72.4 Å². The van der Waals surface area contributed by atoms with Gasteiger partial charge in [0.05, 0.1) is 12.1 Å². The number of rotatable bonds is 2. The molecular weight excluding hydrogens is 442 g/mol. The number of aliphatic hydroxyl groups is 2. The summed E-state index contributed by atoms with van der Waals surface area (Å²) in [6.45, 7) is 1.90. The summed E-state index contributed by atoms with van der Waals surface area (Å²) in [4.78, 5) is 25.5. The monoisotopic (exact) mass is 477 g/mol. The van der Waals surface area contributed by atoms with Gasteiger partial charge in [-0.15, -0.1) is 0 Å². The zero-order chi connectivity index (χ0) is 25.2. The zero-order valence-corrected chi connectivity index (χ0v) is 20.4. The van der Waals surface area contributed by atoms with Crippen LogP contribution in [0.2, 0.25) is 0 Å². The van der Waals surface area contributed by atoms with E-state index in [0.29, 0.717) is 31.3 Å².